The van der Waals surface area contributed by atoms with Crippen LogP contribution in [0.2, 0.25) is 0 Å². The molecule has 0 spiro atoms. The molecule has 0 aromatic carbocycles. The molecule has 0 aliphatic heterocycles. The van der Waals surface area contributed by atoms with Crippen molar-refractivity contribution in [2.75, 3.05) is 0 Å². The zero-order valence-corrected chi connectivity index (χ0v) is 8.70. The van der Waals surface area contributed by atoms with Crippen LogP contribution in [0.15, 0.2) is 0 Å². The Morgan fingerprint density at radius 3 is 1.82 bits per heavy atom. The highest BCUT2D eigenvalue weighted by molar-refractivity contribution is 4.99. The van der Waals surface area contributed by atoms with Crippen LogP contribution in [0.4, 0.5) is 0 Å². The summed E-state index contributed by atoms with van der Waals surface area (Å²) >= 11 is 0. The Labute approximate surface area is 71.4 Å². The van der Waals surface area contributed by atoms with Crippen molar-refractivity contribution in [2.45, 2.75) is 53.9 Å². The average molecular weight is 154 g/mol. The Hall–Kier alpha value is 0. The molecule has 1 aliphatic rings. The first-order valence-corrected chi connectivity index (χ1v) is 4.92. The minimum atomic E-state index is 0.506. The van der Waals surface area contributed by atoms with Gasteiger partial charge >= 0.3 is 0 Å². The molecule has 11 heavy (non-hydrogen) atoms. The third-order valence-electron chi connectivity index (χ3n) is 3.81. The fourth-order valence-corrected chi connectivity index (χ4v) is 2.17. The quantitative estimate of drug-likeness (QED) is 0.566. The van der Waals surface area contributed by atoms with Crippen molar-refractivity contribution >= 4 is 0 Å². The van der Waals surface area contributed by atoms with Gasteiger partial charge in [-0.2, -0.15) is 0 Å². The van der Waals surface area contributed by atoms with Crippen LogP contribution in [0.25, 0.3) is 0 Å². The van der Waals surface area contributed by atoms with Crippen LogP contribution >= 0.6 is 0 Å². The van der Waals surface area contributed by atoms with Gasteiger partial charge in [-0.25, -0.2) is 0 Å². The predicted molar refractivity (Wildman–Crippen MR) is 50.6 cm³/mol. The molecule has 0 aromatic heterocycles. The maximum Gasteiger partial charge on any atom is -0.0269 e. The Balaban J connectivity index is 2.61. The monoisotopic (exact) mass is 154 g/mol. The lowest BCUT2D eigenvalue weighted by Crippen LogP contribution is -2.26. The zero-order valence-electron chi connectivity index (χ0n) is 8.70. The topological polar surface area (TPSA) is 0 Å². The van der Waals surface area contributed by atoms with E-state index in [0.717, 1.165) is 11.3 Å². The maximum absolute atomic E-state index is 2.43. The van der Waals surface area contributed by atoms with Crippen molar-refractivity contribution in [1.82, 2.24) is 0 Å². The molecular formula is C11H22. The van der Waals surface area contributed by atoms with Gasteiger partial charge in [0.05, 0.1) is 0 Å². The number of hydrogen-bond acceptors (Lipinski definition) is 0. The van der Waals surface area contributed by atoms with Gasteiger partial charge < -0.3 is 0 Å². The van der Waals surface area contributed by atoms with E-state index in [1.54, 1.807) is 0 Å². The van der Waals surface area contributed by atoms with E-state index in [0.29, 0.717) is 5.41 Å². The third-order valence-corrected chi connectivity index (χ3v) is 3.81. The molecule has 0 bridgehead atoms. The van der Waals surface area contributed by atoms with Crippen molar-refractivity contribution < 1.29 is 0 Å². The highest BCUT2D eigenvalue weighted by Crippen LogP contribution is 2.59. The van der Waals surface area contributed by atoms with Crippen molar-refractivity contribution in [3.05, 3.63) is 0 Å². The molecule has 0 amide bonds. The Morgan fingerprint density at radius 2 is 1.73 bits per heavy atom. The van der Waals surface area contributed by atoms with Crippen LogP contribution < -0.4 is 0 Å². The lowest BCUT2D eigenvalue weighted by Gasteiger charge is -2.34. The molecule has 0 N–H and O–H groups in total. The summed E-state index contributed by atoms with van der Waals surface area (Å²) in [5.74, 6) is 0.889. The van der Waals surface area contributed by atoms with E-state index in [1.165, 1.54) is 19.3 Å². The van der Waals surface area contributed by atoms with E-state index in [4.69, 9.17) is 0 Å². The van der Waals surface area contributed by atoms with Gasteiger partial charge in [-0.15, -0.1) is 0 Å². The van der Waals surface area contributed by atoms with Crippen LogP contribution in [0.3, 0.4) is 0 Å². The minimum Gasteiger partial charge on any atom is -0.0648 e. The molecule has 0 nitrogen and oxygen atoms in total. The van der Waals surface area contributed by atoms with Gasteiger partial charge in [0, 0.05) is 0 Å². The van der Waals surface area contributed by atoms with E-state index >= 15 is 0 Å². The first-order valence-electron chi connectivity index (χ1n) is 4.92. The Morgan fingerprint density at radius 1 is 1.27 bits per heavy atom. The van der Waals surface area contributed by atoms with Crippen molar-refractivity contribution in [2.24, 2.45) is 16.7 Å². The minimum absolute atomic E-state index is 0.506. The third kappa shape index (κ3) is 1.60. The van der Waals surface area contributed by atoms with Crippen LogP contribution in [-0.4, -0.2) is 0 Å². The molecule has 1 atom stereocenters. The lowest BCUT2D eigenvalue weighted by molar-refractivity contribution is 0.154. The molecule has 0 aromatic rings. The predicted octanol–water partition coefficient (Wildman–Crippen LogP) is 3.86. The van der Waals surface area contributed by atoms with Crippen LogP contribution in [0.5, 0.6) is 0 Å². The van der Waals surface area contributed by atoms with Crippen molar-refractivity contribution in [3.63, 3.8) is 0 Å². The molecule has 66 valence electrons. The average Bonchev–Trinajstić information content (AvgIpc) is 2.64. The first-order chi connectivity index (χ1) is 4.92. The second-order valence-electron chi connectivity index (χ2n) is 5.30. The second kappa shape index (κ2) is 2.50. The van der Waals surface area contributed by atoms with Gasteiger partial charge in [-0.05, 0) is 29.6 Å². The van der Waals surface area contributed by atoms with Gasteiger partial charge in [0.15, 0.2) is 0 Å². The summed E-state index contributed by atoms with van der Waals surface area (Å²) in [6.07, 6.45) is 4.33. The van der Waals surface area contributed by atoms with Gasteiger partial charge in [-0.3, -0.25) is 0 Å². The summed E-state index contributed by atoms with van der Waals surface area (Å²) in [7, 11) is 0. The fraction of sp³-hybridized carbons (Fsp3) is 1.00. The fourth-order valence-electron chi connectivity index (χ4n) is 2.17. The Kier molecular flexibility index (Phi) is 2.07. The molecule has 1 unspecified atom stereocenters. The van der Waals surface area contributed by atoms with Gasteiger partial charge in [-0.1, -0.05) is 41.0 Å². The highest BCUT2D eigenvalue weighted by Gasteiger charge is 2.49. The zero-order chi connectivity index (χ0) is 8.70. The normalized spacial score (nSPS) is 24.8. The summed E-state index contributed by atoms with van der Waals surface area (Å²) in [5.41, 5.74) is 1.24. The lowest BCUT2D eigenvalue weighted by atomic mass is 9.71. The molecule has 1 aliphatic carbocycles. The van der Waals surface area contributed by atoms with E-state index < -0.39 is 0 Å². The molecule has 1 fully saturated rings. The molecule has 0 saturated heterocycles. The van der Waals surface area contributed by atoms with Gasteiger partial charge in [0.2, 0.25) is 0 Å². The van der Waals surface area contributed by atoms with E-state index in [1.807, 2.05) is 0 Å². The molecular weight excluding hydrogens is 132 g/mol. The summed E-state index contributed by atoms with van der Waals surface area (Å²) < 4.78 is 0. The second-order valence-corrected chi connectivity index (χ2v) is 5.30. The molecule has 0 heteroatoms. The highest BCUT2D eigenvalue weighted by atomic mass is 14.5. The van der Waals surface area contributed by atoms with Gasteiger partial charge in [0.25, 0.3) is 0 Å². The molecule has 1 saturated carbocycles. The number of hydrogen-bond donors (Lipinski definition) is 0. The molecule has 0 heterocycles. The van der Waals surface area contributed by atoms with Crippen LogP contribution in [-0.2, 0) is 0 Å². The van der Waals surface area contributed by atoms with E-state index in [-0.39, 0.29) is 0 Å². The summed E-state index contributed by atoms with van der Waals surface area (Å²) in [4.78, 5) is 0. The molecule has 0 radical (unpaired) electrons. The van der Waals surface area contributed by atoms with Gasteiger partial charge in [0.1, 0.15) is 0 Å². The number of rotatable bonds is 2. The smallest absolute Gasteiger partial charge is 0.0269 e. The largest absolute Gasteiger partial charge is 0.0648 e. The van der Waals surface area contributed by atoms with E-state index in [2.05, 4.69) is 34.6 Å². The summed E-state index contributed by atoms with van der Waals surface area (Å²) in [6, 6.07) is 0. The maximum atomic E-state index is 2.43. The first kappa shape index (κ1) is 9.09. The summed E-state index contributed by atoms with van der Waals surface area (Å²) in [6.45, 7) is 11.9. The van der Waals surface area contributed by atoms with Crippen LogP contribution in [0, 0.1) is 16.7 Å². The van der Waals surface area contributed by atoms with Crippen LogP contribution in [0.1, 0.15) is 53.9 Å². The SMILES string of the molecule is CCC1(C(C)C(C)(C)C)CC1. The Bertz CT molecular complexity index is 135. The standard InChI is InChI=1S/C11H22/c1-6-11(7-8-11)9(2)10(3,4)5/h9H,6-8H2,1-5H3. The summed E-state index contributed by atoms with van der Waals surface area (Å²) in [5, 5.41) is 0. The van der Waals surface area contributed by atoms with Crippen molar-refractivity contribution in [3.8, 4) is 0 Å². The van der Waals surface area contributed by atoms with Crippen molar-refractivity contribution in [1.29, 1.82) is 0 Å². The van der Waals surface area contributed by atoms with E-state index in [9.17, 15) is 0 Å². The molecule has 1 rings (SSSR count).